The summed E-state index contributed by atoms with van der Waals surface area (Å²) < 4.78 is 33.0. The summed E-state index contributed by atoms with van der Waals surface area (Å²) >= 11 is 6.54. The zero-order chi connectivity index (χ0) is 36.7. The van der Waals surface area contributed by atoms with Gasteiger partial charge < -0.3 is 30.9 Å². The number of unbranched alkanes of at least 4 members (excludes halogenated alkanes) is 2. The summed E-state index contributed by atoms with van der Waals surface area (Å²) in [5.74, 6) is 1.24. The maximum Gasteiger partial charge on any atom is 0.229 e. The van der Waals surface area contributed by atoms with Crippen LogP contribution in [0.2, 0.25) is 5.02 Å². The van der Waals surface area contributed by atoms with Crippen molar-refractivity contribution < 1.29 is 13.2 Å². The fourth-order valence-electron chi connectivity index (χ4n) is 7.13. The van der Waals surface area contributed by atoms with Gasteiger partial charge in [0.15, 0.2) is 5.82 Å². The number of sulfonamides is 1. The molecule has 0 aliphatic carbocycles. The van der Waals surface area contributed by atoms with E-state index >= 15 is 0 Å². The van der Waals surface area contributed by atoms with Crippen molar-refractivity contribution >= 4 is 67.2 Å². The lowest BCUT2D eigenvalue weighted by atomic mass is 9.99. The quantitative estimate of drug-likeness (QED) is 0.117. The molecule has 0 spiro atoms. The molecule has 2 aromatic heterocycles. The zero-order valence-corrected chi connectivity index (χ0v) is 31.8. The van der Waals surface area contributed by atoms with Gasteiger partial charge in [-0.15, -0.1) is 0 Å². The molecule has 280 valence electrons. The van der Waals surface area contributed by atoms with Crippen LogP contribution in [0, 0.1) is 0 Å². The number of hydrogen-bond donors (Lipinski definition) is 4. The molecule has 0 atom stereocenters. The Morgan fingerprint density at radius 1 is 0.962 bits per heavy atom. The number of fused-ring (bicyclic) bond motifs is 1. The molecule has 0 radical (unpaired) electrons. The first kappa shape index (κ1) is 37.7. The number of piperidine rings is 1. The second-order valence-electron chi connectivity index (χ2n) is 13.4. The molecule has 2 aliphatic rings. The lowest BCUT2D eigenvalue weighted by Crippen LogP contribution is -2.53. The smallest absolute Gasteiger partial charge is 0.229 e. The minimum Gasteiger partial charge on any atom is -0.494 e. The van der Waals surface area contributed by atoms with Crippen molar-refractivity contribution in [1.82, 2.24) is 29.7 Å². The van der Waals surface area contributed by atoms with Crippen LogP contribution < -0.4 is 30.7 Å². The summed E-state index contributed by atoms with van der Waals surface area (Å²) in [4.78, 5) is 25.5. The second kappa shape index (κ2) is 17.2. The average molecular weight is 752 g/mol. The third kappa shape index (κ3) is 9.31. The van der Waals surface area contributed by atoms with Crippen LogP contribution in [0.4, 0.5) is 34.5 Å². The van der Waals surface area contributed by atoms with Crippen molar-refractivity contribution in [3.63, 3.8) is 0 Å². The van der Waals surface area contributed by atoms with E-state index < -0.39 is 10.0 Å². The minimum atomic E-state index is -3.64. The zero-order valence-electron chi connectivity index (χ0n) is 30.2. The van der Waals surface area contributed by atoms with Gasteiger partial charge in [-0.1, -0.05) is 24.9 Å². The number of nitrogens with one attached hydrogen (secondary N) is 3. The summed E-state index contributed by atoms with van der Waals surface area (Å²) in [6.07, 6.45) is 12.3. The number of nitrogens with two attached hydrogens (primary N) is 1. The molecule has 0 amide bonds. The number of ether oxygens (including phenoxy) is 1. The van der Waals surface area contributed by atoms with Gasteiger partial charge in [-0.3, -0.25) is 19.6 Å². The van der Waals surface area contributed by atoms with E-state index in [0.717, 1.165) is 83.4 Å². The van der Waals surface area contributed by atoms with Gasteiger partial charge in [0.2, 0.25) is 16.0 Å². The number of nitrogens with zero attached hydrogens (tertiary/aromatic N) is 7. The minimum absolute atomic E-state index is 0.235. The number of hydrogen-bond acceptors (Lipinski definition) is 13. The molecule has 16 heteroatoms. The van der Waals surface area contributed by atoms with Crippen molar-refractivity contribution in [2.75, 3.05) is 86.0 Å². The molecule has 5 N–H and O–H groups in total. The largest absolute Gasteiger partial charge is 0.494 e. The molecule has 52 heavy (non-hydrogen) atoms. The van der Waals surface area contributed by atoms with Gasteiger partial charge in [0.1, 0.15) is 16.3 Å². The Hall–Kier alpha value is -4.02. The Morgan fingerprint density at radius 3 is 2.44 bits per heavy atom. The number of benzene rings is 2. The predicted molar refractivity (Wildman–Crippen MR) is 210 cm³/mol. The Labute approximate surface area is 311 Å². The monoisotopic (exact) mass is 751 g/mol. The van der Waals surface area contributed by atoms with Gasteiger partial charge in [-0.2, -0.15) is 4.98 Å². The van der Waals surface area contributed by atoms with E-state index in [1.165, 1.54) is 43.0 Å². The molecule has 0 saturated carbocycles. The Balaban J connectivity index is 1.14. The van der Waals surface area contributed by atoms with E-state index in [1.807, 2.05) is 0 Å². The summed E-state index contributed by atoms with van der Waals surface area (Å²) in [5, 5.41) is 6.73. The fourth-order valence-corrected chi connectivity index (χ4v) is 7.85. The predicted octanol–water partition coefficient (Wildman–Crippen LogP) is 5.22. The van der Waals surface area contributed by atoms with Gasteiger partial charge in [-0.05, 0) is 69.0 Å². The summed E-state index contributed by atoms with van der Waals surface area (Å²) in [6.45, 7) is 10.7. The van der Waals surface area contributed by atoms with E-state index in [4.69, 9.17) is 22.1 Å². The Morgan fingerprint density at radius 2 is 1.73 bits per heavy atom. The number of aromatic nitrogens is 4. The first-order valence-electron chi connectivity index (χ1n) is 18.1. The maximum atomic E-state index is 12.3. The van der Waals surface area contributed by atoms with Crippen LogP contribution in [0.3, 0.4) is 0 Å². The maximum absolute atomic E-state index is 12.3. The second-order valence-corrected chi connectivity index (χ2v) is 15.6. The van der Waals surface area contributed by atoms with Crippen LogP contribution in [-0.4, -0.2) is 110 Å². The molecule has 2 fully saturated rings. The topological polar surface area (TPSA) is 167 Å². The van der Waals surface area contributed by atoms with Crippen LogP contribution >= 0.6 is 11.6 Å². The highest BCUT2D eigenvalue weighted by Crippen LogP contribution is 2.38. The molecule has 4 aromatic rings. The van der Waals surface area contributed by atoms with Crippen molar-refractivity contribution in [2.45, 2.75) is 51.5 Å². The Kier molecular flexibility index (Phi) is 12.5. The number of piperazine rings is 1. The van der Waals surface area contributed by atoms with Crippen LogP contribution in [0.1, 0.15) is 44.6 Å². The lowest BCUT2D eigenvalue weighted by molar-refractivity contribution is 0.0839. The molecule has 2 aromatic carbocycles. The number of aryl methyl sites for hydroxylation is 1. The standard InChI is InChI=1S/C36H50ClN11O3S/c1-4-25-22-30(32(51-2)23-31(25)48-16-10-26(11-17-48)47-20-18-46(19-21-47)15-7-5-6-12-38)43-36-41-24-27(37)35(44-36)42-29-9-8-28-33(40-14-13-39-28)34(29)45-52(3,49)50/h8-9,13-14,22-24,26,45H,4-7,10-12,15-21,38H2,1-3H3,(H2,41,42,43,44). The molecule has 6 rings (SSSR count). The molecule has 0 unspecified atom stereocenters. The number of halogens is 1. The van der Waals surface area contributed by atoms with Gasteiger partial charge in [0, 0.05) is 69.5 Å². The van der Waals surface area contributed by atoms with Crippen LogP contribution in [0.25, 0.3) is 11.0 Å². The van der Waals surface area contributed by atoms with Crippen LogP contribution in [0.15, 0.2) is 42.9 Å². The Bertz CT molecular complexity index is 1930. The number of methoxy groups -OCH3 is 1. The highest BCUT2D eigenvalue weighted by Gasteiger charge is 2.29. The average Bonchev–Trinajstić information content (AvgIpc) is 3.15. The first-order valence-corrected chi connectivity index (χ1v) is 20.3. The van der Waals surface area contributed by atoms with E-state index in [0.29, 0.717) is 28.5 Å². The highest BCUT2D eigenvalue weighted by molar-refractivity contribution is 7.92. The lowest BCUT2D eigenvalue weighted by Gasteiger charge is -2.43. The van der Waals surface area contributed by atoms with Crippen LogP contribution in [0.5, 0.6) is 5.75 Å². The third-order valence-electron chi connectivity index (χ3n) is 9.86. The van der Waals surface area contributed by atoms with E-state index in [-0.39, 0.29) is 22.5 Å². The molecular formula is C36H50ClN11O3S. The van der Waals surface area contributed by atoms with Crippen molar-refractivity contribution in [3.8, 4) is 5.75 Å². The summed E-state index contributed by atoms with van der Waals surface area (Å²) in [7, 11) is -1.98. The third-order valence-corrected chi connectivity index (χ3v) is 10.7. The normalized spacial score (nSPS) is 16.3. The van der Waals surface area contributed by atoms with Gasteiger partial charge >= 0.3 is 0 Å². The molecular weight excluding hydrogens is 702 g/mol. The van der Waals surface area contributed by atoms with Crippen LogP contribution in [-0.2, 0) is 16.4 Å². The number of rotatable bonds is 15. The molecule has 2 aliphatic heterocycles. The number of anilines is 6. The first-order chi connectivity index (χ1) is 25.1. The van der Waals surface area contributed by atoms with E-state index in [1.54, 1.807) is 25.4 Å². The van der Waals surface area contributed by atoms with Crippen molar-refractivity contribution in [1.29, 1.82) is 0 Å². The van der Waals surface area contributed by atoms with E-state index in [9.17, 15) is 8.42 Å². The van der Waals surface area contributed by atoms with Gasteiger partial charge in [-0.25, -0.2) is 13.4 Å². The van der Waals surface area contributed by atoms with Gasteiger partial charge in [0.05, 0.1) is 42.1 Å². The SMILES string of the molecule is CCc1cc(Nc2ncc(Cl)c(Nc3ccc4nccnc4c3NS(C)(=O)=O)n2)c(OC)cc1N1CCC(N2CCN(CCCCCN)CC2)CC1. The van der Waals surface area contributed by atoms with Crippen molar-refractivity contribution in [2.24, 2.45) is 5.73 Å². The van der Waals surface area contributed by atoms with Crippen molar-refractivity contribution in [3.05, 3.63) is 53.4 Å². The van der Waals surface area contributed by atoms with Gasteiger partial charge in [0.25, 0.3) is 0 Å². The molecule has 4 heterocycles. The molecule has 14 nitrogen and oxygen atoms in total. The highest BCUT2D eigenvalue weighted by atomic mass is 35.5. The van der Waals surface area contributed by atoms with E-state index in [2.05, 4.69) is 69.0 Å². The molecule has 2 saturated heterocycles. The summed E-state index contributed by atoms with van der Waals surface area (Å²) in [6, 6.07) is 8.27. The molecule has 0 bridgehead atoms. The fraction of sp³-hybridized carbons (Fsp3) is 0.500. The summed E-state index contributed by atoms with van der Waals surface area (Å²) in [5.41, 5.74) is 10.3.